The predicted octanol–water partition coefficient (Wildman–Crippen LogP) is -0.350. The molecule has 1 amide bonds. The fourth-order valence-electron chi connectivity index (χ4n) is 3.33. The summed E-state index contributed by atoms with van der Waals surface area (Å²) in [7, 11) is -2.29. The van der Waals surface area contributed by atoms with Crippen molar-refractivity contribution in [2.75, 3.05) is 33.4 Å². The number of rotatable bonds is 3. The van der Waals surface area contributed by atoms with Gasteiger partial charge in [0.15, 0.2) is 0 Å². The number of carbonyl (C=O) groups excluding carboxylic acids is 1. The molecule has 3 heterocycles. The molecule has 0 bridgehead atoms. The molecule has 0 radical (unpaired) electrons. The van der Waals surface area contributed by atoms with Crippen molar-refractivity contribution in [1.82, 2.24) is 23.7 Å². The SMILES string of the molecule is CCn1cc([C@@H]2C[C@H](C(=O)N3CCOCC3)N(C)S(=O)(=O)N2)c(C)n1. The summed E-state index contributed by atoms with van der Waals surface area (Å²) in [5.74, 6) is -0.165. The number of ether oxygens (including phenoxy) is 1. The number of amides is 1. The van der Waals surface area contributed by atoms with Gasteiger partial charge in [-0.3, -0.25) is 9.48 Å². The second kappa shape index (κ2) is 7.02. The number of aryl methyl sites for hydroxylation is 2. The van der Waals surface area contributed by atoms with Gasteiger partial charge in [-0.25, -0.2) is 0 Å². The lowest BCUT2D eigenvalue weighted by Crippen LogP contribution is -2.59. The number of morpholine rings is 1. The van der Waals surface area contributed by atoms with Crippen molar-refractivity contribution in [3.8, 4) is 0 Å². The number of nitrogens with zero attached hydrogens (tertiary/aromatic N) is 4. The lowest BCUT2D eigenvalue weighted by molar-refractivity contribution is -0.139. The maximum atomic E-state index is 12.9. The highest BCUT2D eigenvalue weighted by atomic mass is 32.2. The van der Waals surface area contributed by atoms with Gasteiger partial charge in [0.2, 0.25) is 5.91 Å². The normalized spacial score (nSPS) is 27.4. The van der Waals surface area contributed by atoms with Gasteiger partial charge in [0.1, 0.15) is 6.04 Å². The van der Waals surface area contributed by atoms with Gasteiger partial charge in [-0.05, 0) is 20.3 Å². The summed E-state index contributed by atoms with van der Waals surface area (Å²) in [5, 5.41) is 4.39. The third-order valence-electron chi connectivity index (χ3n) is 4.86. The Morgan fingerprint density at radius 3 is 2.68 bits per heavy atom. The van der Waals surface area contributed by atoms with Gasteiger partial charge >= 0.3 is 0 Å². The van der Waals surface area contributed by atoms with Gasteiger partial charge in [0.25, 0.3) is 10.2 Å². The number of hydrogen-bond donors (Lipinski definition) is 1. The van der Waals surface area contributed by atoms with E-state index in [0.717, 1.165) is 15.6 Å². The van der Waals surface area contributed by atoms with Crippen molar-refractivity contribution in [3.63, 3.8) is 0 Å². The zero-order valence-corrected chi connectivity index (χ0v) is 15.6. The third-order valence-corrected chi connectivity index (χ3v) is 6.45. The van der Waals surface area contributed by atoms with Gasteiger partial charge in [-0.15, -0.1) is 0 Å². The molecule has 0 aromatic carbocycles. The van der Waals surface area contributed by atoms with E-state index in [9.17, 15) is 13.2 Å². The van der Waals surface area contributed by atoms with Crippen LogP contribution < -0.4 is 4.72 Å². The molecule has 140 valence electrons. The van der Waals surface area contributed by atoms with Crippen molar-refractivity contribution in [2.45, 2.75) is 38.9 Å². The Hall–Kier alpha value is -1.49. The summed E-state index contributed by atoms with van der Waals surface area (Å²) in [6, 6.07) is -1.18. The second-order valence-electron chi connectivity index (χ2n) is 6.41. The van der Waals surface area contributed by atoms with Crippen LogP contribution in [-0.4, -0.2) is 72.7 Å². The first kappa shape index (κ1) is 18.3. The average molecular weight is 371 g/mol. The average Bonchev–Trinajstić information content (AvgIpc) is 2.98. The Bertz CT molecular complexity index is 741. The Labute approximate surface area is 148 Å². The topological polar surface area (TPSA) is 96.8 Å². The Kier molecular flexibility index (Phi) is 5.14. The van der Waals surface area contributed by atoms with E-state index < -0.39 is 22.3 Å². The van der Waals surface area contributed by atoms with Crippen LogP contribution in [0.2, 0.25) is 0 Å². The summed E-state index contributed by atoms with van der Waals surface area (Å²) < 4.78 is 36.0. The van der Waals surface area contributed by atoms with Crippen LogP contribution in [0.4, 0.5) is 0 Å². The number of hydrogen-bond acceptors (Lipinski definition) is 5. The molecule has 0 unspecified atom stereocenters. The molecule has 2 atom stereocenters. The molecule has 2 aliphatic heterocycles. The molecular weight excluding hydrogens is 346 g/mol. The van der Waals surface area contributed by atoms with Crippen LogP contribution in [0.3, 0.4) is 0 Å². The maximum Gasteiger partial charge on any atom is 0.280 e. The first-order valence-corrected chi connectivity index (χ1v) is 9.93. The van der Waals surface area contributed by atoms with E-state index in [1.54, 1.807) is 9.58 Å². The van der Waals surface area contributed by atoms with E-state index >= 15 is 0 Å². The van der Waals surface area contributed by atoms with Crippen LogP contribution in [-0.2, 0) is 26.3 Å². The van der Waals surface area contributed by atoms with Crippen LogP contribution in [0.5, 0.6) is 0 Å². The van der Waals surface area contributed by atoms with Gasteiger partial charge in [0.05, 0.1) is 24.9 Å². The lowest BCUT2D eigenvalue weighted by Gasteiger charge is -2.39. The van der Waals surface area contributed by atoms with E-state index in [1.807, 2.05) is 20.0 Å². The van der Waals surface area contributed by atoms with Crippen LogP contribution in [0.25, 0.3) is 0 Å². The first-order chi connectivity index (χ1) is 11.8. The minimum Gasteiger partial charge on any atom is -0.378 e. The summed E-state index contributed by atoms with van der Waals surface area (Å²) in [5.41, 5.74) is 1.59. The molecule has 3 rings (SSSR count). The molecular formula is C15H25N5O4S. The number of nitrogens with one attached hydrogen (secondary N) is 1. The quantitative estimate of drug-likeness (QED) is 0.783. The molecule has 2 fully saturated rings. The number of carbonyl (C=O) groups is 1. The zero-order chi connectivity index (χ0) is 18.2. The van der Waals surface area contributed by atoms with E-state index in [4.69, 9.17) is 4.74 Å². The highest BCUT2D eigenvalue weighted by molar-refractivity contribution is 7.87. The largest absolute Gasteiger partial charge is 0.378 e. The van der Waals surface area contributed by atoms with Crippen LogP contribution in [0.15, 0.2) is 6.20 Å². The molecule has 0 spiro atoms. The minimum atomic E-state index is -3.74. The molecule has 25 heavy (non-hydrogen) atoms. The molecule has 1 aromatic rings. The highest BCUT2D eigenvalue weighted by Crippen LogP contribution is 2.30. The molecule has 0 saturated carbocycles. The molecule has 2 saturated heterocycles. The van der Waals surface area contributed by atoms with Crippen LogP contribution >= 0.6 is 0 Å². The molecule has 1 N–H and O–H groups in total. The monoisotopic (exact) mass is 371 g/mol. The van der Waals surface area contributed by atoms with E-state index in [2.05, 4.69) is 9.82 Å². The van der Waals surface area contributed by atoms with Crippen molar-refractivity contribution < 1.29 is 17.9 Å². The van der Waals surface area contributed by atoms with Crippen molar-refractivity contribution in [2.24, 2.45) is 0 Å². The van der Waals surface area contributed by atoms with Crippen molar-refractivity contribution in [1.29, 1.82) is 0 Å². The van der Waals surface area contributed by atoms with Gasteiger partial charge in [0, 0.05) is 38.4 Å². The molecule has 10 heteroatoms. The van der Waals surface area contributed by atoms with Gasteiger partial charge in [-0.2, -0.15) is 22.5 Å². The molecule has 2 aliphatic rings. The van der Waals surface area contributed by atoms with E-state index in [0.29, 0.717) is 39.3 Å². The molecule has 1 aromatic heterocycles. The van der Waals surface area contributed by atoms with E-state index in [1.165, 1.54) is 7.05 Å². The maximum absolute atomic E-state index is 12.9. The molecule has 0 aliphatic carbocycles. The summed E-state index contributed by atoms with van der Waals surface area (Å²) >= 11 is 0. The molecule has 9 nitrogen and oxygen atoms in total. The number of aromatic nitrogens is 2. The summed E-state index contributed by atoms with van der Waals surface area (Å²) in [6.07, 6.45) is 2.23. The second-order valence-corrected chi connectivity index (χ2v) is 8.17. The zero-order valence-electron chi connectivity index (χ0n) is 14.8. The fraction of sp³-hybridized carbons (Fsp3) is 0.733. The highest BCUT2D eigenvalue weighted by Gasteiger charge is 2.43. The third kappa shape index (κ3) is 3.57. The summed E-state index contributed by atoms with van der Waals surface area (Å²) in [4.78, 5) is 14.6. The van der Waals surface area contributed by atoms with Crippen LogP contribution in [0.1, 0.15) is 30.6 Å². The first-order valence-electron chi connectivity index (χ1n) is 8.49. The Morgan fingerprint density at radius 1 is 1.40 bits per heavy atom. The van der Waals surface area contributed by atoms with Crippen molar-refractivity contribution in [3.05, 3.63) is 17.5 Å². The van der Waals surface area contributed by atoms with E-state index in [-0.39, 0.29) is 5.91 Å². The standard InChI is InChI=1S/C15H25N5O4S/c1-4-20-10-12(11(2)16-20)13-9-14(18(3)25(22,23)17-13)15(21)19-5-7-24-8-6-19/h10,13-14,17H,4-9H2,1-3H3/t13-,14+/m0/s1. The smallest absolute Gasteiger partial charge is 0.280 e. The van der Waals surface area contributed by atoms with Crippen molar-refractivity contribution >= 4 is 16.1 Å². The summed E-state index contributed by atoms with van der Waals surface area (Å²) in [6.45, 7) is 6.49. The Morgan fingerprint density at radius 2 is 2.08 bits per heavy atom. The van der Waals surface area contributed by atoms with Gasteiger partial charge < -0.3 is 9.64 Å². The number of likely N-dealkylation sites (N-methyl/N-ethyl adjacent to an activating group) is 1. The minimum absolute atomic E-state index is 0.165. The predicted molar refractivity (Wildman–Crippen MR) is 91.0 cm³/mol. The fourth-order valence-corrected chi connectivity index (χ4v) is 4.59. The van der Waals surface area contributed by atoms with Crippen LogP contribution in [0, 0.1) is 6.92 Å². The Balaban J connectivity index is 1.87. The lowest BCUT2D eigenvalue weighted by atomic mass is 9.99. The van der Waals surface area contributed by atoms with Gasteiger partial charge in [-0.1, -0.05) is 0 Å².